The number of H-pyrrole nitrogens is 1. The number of ether oxygens (including phenoxy) is 1. The van der Waals surface area contributed by atoms with Gasteiger partial charge in [0.2, 0.25) is 0 Å². The molecule has 1 unspecified atom stereocenters. The van der Waals surface area contributed by atoms with Gasteiger partial charge in [-0.25, -0.2) is 0 Å². The Labute approximate surface area is 106 Å². The third-order valence-electron chi connectivity index (χ3n) is 3.59. The monoisotopic (exact) mass is 244 g/mol. The summed E-state index contributed by atoms with van der Waals surface area (Å²) in [6.45, 7) is 1.46. The zero-order valence-corrected chi connectivity index (χ0v) is 10.3. The Morgan fingerprint density at radius 2 is 2.28 bits per heavy atom. The van der Waals surface area contributed by atoms with Gasteiger partial charge >= 0.3 is 0 Å². The first-order valence-electron chi connectivity index (χ1n) is 6.18. The van der Waals surface area contributed by atoms with E-state index in [1.807, 2.05) is 29.2 Å². The van der Waals surface area contributed by atoms with Crippen molar-refractivity contribution < 1.29 is 9.53 Å². The molecule has 0 bridgehead atoms. The molecule has 4 heteroatoms. The van der Waals surface area contributed by atoms with E-state index in [4.69, 9.17) is 4.74 Å². The fraction of sp³-hybridized carbons (Fsp3) is 0.357. The van der Waals surface area contributed by atoms with Crippen molar-refractivity contribution in [1.29, 1.82) is 0 Å². The molecule has 18 heavy (non-hydrogen) atoms. The number of carbonyl (C=O) groups excluding carboxylic acids is 1. The van der Waals surface area contributed by atoms with Gasteiger partial charge in [-0.05, 0) is 12.5 Å². The maximum atomic E-state index is 12.4. The van der Waals surface area contributed by atoms with Gasteiger partial charge in [0.05, 0.1) is 11.7 Å². The highest BCUT2D eigenvalue weighted by Crippen LogP contribution is 2.22. The molecule has 1 N–H and O–H groups in total. The van der Waals surface area contributed by atoms with E-state index < -0.39 is 0 Å². The Morgan fingerprint density at radius 3 is 3.06 bits per heavy atom. The van der Waals surface area contributed by atoms with E-state index in [-0.39, 0.29) is 12.0 Å². The summed E-state index contributed by atoms with van der Waals surface area (Å²) >= 11 is 0. The van der Waals surface area contributed by atoms with Crippen molar-refractivity contribution in [3.05, 3.63) is 36.0 Å². The lowest BCUT2D eigenvalue weighted by atomic mass is 10.1. The lowest BCUT2D eigenvalue weighted by Gasteiger charge is -2.15. The number of hydrogen-bond acceptors (Lipinski definition) is 2. The van der Waals surface area contributed by atoms with Crippen LogP contribution in [0.3, 0.4) is 0 Å². The summed E-state index contributed by atoms with van der Waals surface area (Å²) in [5, 5.41) is 0.989. The van der Waals surface area contributed by atoms with Crippen LogP contribution in [-0.2, 0) is 4.74 Å². The maximum Gasteiger partial charge on any atom is 0.256 e. The van der Waals surface area contributed by atoms with Gasteiger partial charge in [0.25, 0.3) is 5.91 Å². The van der Waals surface area contributed by atoms with Gasteiger partial charge in [-0.15, -0.1) is 0 Å². The largest absolute Gasteiger partial charge is 0.380 e. The molecule has 4 nitrogen and oxygen atoms in total. The van der Waals surface area contributed by atoms with Crippen molar-refractivity contribution in [2.45, 2.75) is 12.5 Å². The number of hydrogen-bond donors (Lipinski definition) is 1. The van der Waals surface area contributed by atoms with Gasteiger partial charge in [-0.3, -0.25) is 4.79 Å². The smallest absolute Gasteiger partial charge is 0.256 e. The summed E-state index contributed by atoms with van der Waals surface area (Å²) in [6.07, 6.45) is 2.90. The first-order chi connectivity index (χ1) is 8.79. The molecule has 0 aliphatic carbocycles. The fourth-order valence-electron chi connectivity index (χ4n) is 2.52. The normalized spacial score (nSPS) is 19.6. The molecule has 2 aromatic rings. The number of aromatic amines is 1. The van der Waals surface area contributed by atoms with Crippen LogP contribution in [0.2, 0.25) is 0 Å². The van der Waals surface area contributed by atoms with Gasteiger partial charge in [-0.1, -0.05) is 18.2 Å². The number of methoxy groups -OCH3 is 1. The lowest BCUT2D eigenvalue weighted by Crippen LogP contribution is -2.29. The summed E-state index contributed by atoms with van der Waals surface area (Å²) in [7, 11) is 1.70. The van der Waals surface area contributed by atoms with E-state index in [0.717, 1.165) is 29.4 Å². The lowest BCUT2D eigenvalue weighted by molar-refractivity contribution is 0.0726. The zero-order valence-electron chi connectivity index (χ0n) is 10.3. The van der Waals surface area contributed by atoms with Gasteiger partial charge in [0, 0.05) is 37.3 Å². The molecule has 1 aromatic heterocycles. The average molecular weight is 244 g/mol. The zero-order chi connectivity index (χ0) is 12.5. The number of para-hydroxylation sites is 1. The Kier molecular flexibility index (Phi) is 2.80. The summed E-state index contributed by atoms with van der Waals surface area (Å²) in [6, 6.07) is 7.87. The molecule has 0 spiro atoms. The number of nitrogens with zero attached hydrogens (tertiary/aromatic N) is 1. The molecule has 1 aliphatic heterocycles. The summed E-state index contributed by atoms with van der Waals surface area (Å²) in [5.74, 6) is 0.0898. The minimum Gasteiger partial charge on any atom is -0.380 e. The van der Waals surface area contributed by atoms with Crippen molar-refractivity contribution >= 4 is 16.8 Å². The Hall–Kier alpha value is -1.81. The van der Waals surface area contributed by atoms with Crippen molar-refractivity contribution in [3.63, 3.8) is 0 Å². The number of amides is 1. The molecule has 1 amide bonds. The van der Waals surface area contributed by atoms with Crippen molar-refractivity contribution in [2.24, 2.45) is 0 Å². The molecule has 1 atom stereocenters. The molecule has 2 heterocycles. The standard InChI is InChI=1S/C14H16N2O2/c1-18-10-6-7-16(9-10)14(17)12-8-15-13-5-3-2-4-11(12)13/h2-5,8,10,15H,6-7,9H2,1H3. The van der Waals surface area contributed by atoms with Crippen LogP contribution in [0.15, 0.2) is 30.5 Å². The number of aromatic nitrogens is 1. The van der Waals surface area contributed by atoms with E-state index in [1.54, 1.807) is 13.3 Å². The second-order valence-corrected chi connectivity index (χ2v) is 4.65. The molecule has 0 radical (unpaired) electrons. The van der Waals surface area contributed by atoms with Crippen LogP contribution in [0.1, 0.15) is 16.8 Å². The summed E-state index contributed by atoms with van der Waals surface area (Å²) in [4.78, 5) is 17.4. The molecule has 1 aromatic carbocycles. The maximum absolute atomic E-state index is 12.4. The SMILES string of the molecule is COC1CCN(C(=O)c2c[nH]c3ccccc23)C1. The summed E-state index contributed by atoms with van der Waals surface area (Å²) < 4.78 is 5.29. The van der Waals surface area contributed by atoms with Crippen molar-refractivity contribution in [2.75, 3.05) is 20.2 Å². The van der Waals surface area contributed by atoms with Crippen molar-refractivity contribution in [1.82, 2.24) is 9.88 Å². The minimum absolute atomic E-state index is 0.0898. The fourth-order valence-corrected chi connectivity index (χ4v) is 2.52. The molecule has 1 saturated heterocycles. The summed E-state index contributed by atoms with van der Waals surface area (Å²) in [5.41, 5.74) is 1.76. The number of likely N-dealkylation sites (tertiary alicyclic amines) is 1. The van der Waals surface area contributed by atoms with Crippen LogP contribution in [0.5, 0.6) is 0 Å². The minimum atomic E-state index is 0.0898. The first-order valence-corrected chi connectivity index (χ1v) is 6.18. The molecular weight excluding hydrogens is 228 g/mol. The van der Waals surface area contributed by atoms with Gasteiger partial charge < -0.3 is 14.6 Å². The third-order valence-corrected chi connectivity index (χ3v) is 3.59. The average Bonchev–Trinajstić information content (AvgIpc) is 3.04. The molecule has 94 valence electrons. The third kappa shape index (κ3) is 1.78. The van der Waals surface area contributed by atoms with Crippen LogP contribution in [0.4, 0.5) is 0 Å². The van der Waals surface area contributed by atoms with Gasteiger partial charge in [-0.2, -0.15) is 0 Å². The van der Waals surface area contributed by atoms with E-state index in [9.17, 15) is 4.79 Å². The molecule has 0 saturated carbocycles. The van der Waals surface area contributed by atoms with E-state index in [0.29, 0.717) is 6.54 Å². The van der Waals surface area contributed by atoms with E-state index >= 15 is 0 Å². The highest BCUT2D eigenvalue weighted by atomic mass is 16.5. The first kappa shape index (κ1) is 11.3. The van der Waals surface area contributed by atoms with Crippen LogP contribution >= 0.6 is 0 Å². The van der Waals surface area contributed by atoms with Crippen molar-refractivity contribution in [3.8, 4) is 0 Å². The predicted molar refractivity (Wildman–Crippen MR) is 69.6 cm³/mol. The highest BCUT2D eigenvalue weighted by Gasteiger charge is 2.27. The molecular formula is C14H16N2O2. The molecule has 1 fully saturated rings. The topological polar surface area (TPSA) is 45.3 Å². The number of benzene rings is 1. The Bertz CT molecular complexity index is 576. The number of fused-ring (bicyclic) bond motifs is 1. The van der Waals surface area contributed by atoms with E-state index in [1.165, 1.54) is 0 Å². The molecule has 1 aliphatic rings. The quantitative estimate of drug-likeness (QED) is 0.878. The second kappa shape index (κ2) is 4.46. The predicted octanol–water partition coefficient (Wildman–Crippen LogP) is 2.03. The second-order valence-electron chi connectivity index (χ2n) is 4.65. The Morgan fingerprint density at radius 1 is 1.44 bits per heavy atom. The van der Waals surface area contributed by atoms with Crippen LogP contribution in [-0.4, -0.2) is 42.1 Å². The highest BCUT2D eigenvalue weighted by molar-refractivity contribution is 6.06. The van der Waals surface area contributed by atoms with Crippen LogP contribution in [0.25, 0.3) is 10.9 Å². The van der Waals surface area contributed by atoms with Crippen LogP contribution in [0, 0.1) is 0 Å². The van der Waals surface area contributed by atoms with Crippen LogP contribution < -0.4 is 0 Å². The number of nitrogens with one attached hydrogen (secondary N) is 1. The van der Waals surface area contributed by atoms with E-state index in [2.05, 4.69) is 4.98 Å². The number of carbonyl (C=O) groups is 1. The van der Waals surface area contributed by atoms with Gasteiger partial charge in [0.15, 0.2) is 0 Å². The number of rotatable bonds is 2. The Balaban J connectivity index is 1.89. The van der Waals surface area contributed by atoms with Gasteiger partial charge in [0.1, 0.15) is 0 Å². The molecule has 3 rings (SSSR count).